The fourth-order valence-corrected chi connectivity index (χ4v) is 2.57. The van der Waals surface area contributed by atoms with E-state index in [0.717, 1.165) is 22.9 Å². The zero-order chi connectivity index (χ0) is 18.0. The van der Waals surface area contributed by atoms with Crippen LogP contribution in [0.2, 0.25) is 0 Å². The van der Waals surface area contributed by atoms with Crippen molar-refractivity contribution in [1.82, 2.24) is 9.55 Å². The number of carbonyl (C=O) groups is 1. The lowest BCUT2D eigenvalue weighted by atomic mass is 10.2. The number of rotatable bonds is 4. The SMILES string of the molecule is O=C(Nc1nc(=O)n(C2CCC(CO)O2)cc1F)c1cccc(F)c1. The molecule has 0 aliphatic carbocycles. The van der Waals surface area contributed by atoms with Gasteiger partial charge in [-0.15, -0.1) is 0 Å². The number of ether oxygens (including phenoxy) is 1. The molecule has 1 aliphatic heterocycles. The molecule has 1 aliphatic rings. The summed E-state index contributed by atoms with van der Waals surface area (Å²) in [6.45, 7) is -0.192. The highest BCUT2D eigenvalue weighted by Gasteiger charge is 2.27. The second-order valence-electron chi connectivity index (χ2n) is 5.56. The Morgan fingerprint density at radius 2 is 2.20 bits per heavy atom. The van der Waals surface area contributed by atoms with E-state index in [0.29, 0.717) is 12.8 Å². The van der Waals surface area contributed by atoms with Crippen LogP contribution >= 0.6 is 0 Å². The van der Waals surface area contributed by atoms with E-state index in [4.69, 9.17) is 9.84 Å². The predicted octanol–water partition coefficient (Wildman–Crippen LogP) is 1.44. The zero-order valence-corrected chi connectivity index (χ0v) is 13.0. The lowest BCUT2D eigenvalue weighted by molar-refractivity contribution is -0.0249. The van der Waals surface area contributed by atoms with Crippen LogP contribution in [0, 0.1) is 11.6 Å². The highest BCUT2D eigenvalue weighted by Crippen LogP contribution is 2.27. The number of hydrogen-bond donors (Lipinski definition) is 2. The summed E-state index contributed by atoms with van der Waals surface area (Å²) in [5, 5.41) is 11.2. The molecule has 2 N–H and O–H groups in total. The Kier molecular flexibility index (Phi) is 4.86. The van der Waals surface area contributed by atoms with E-state index >= 15 is 0 Å². The van der Waals surface area contributed by atoms with Crippen LogP contribution in [-0.2, 0) is 4.74 Å². The fourth-order valence-electron chi connectivity index (χ4n) is 2.57. The van der Waals surface area contributed by atoms with E-state index in [9.17, 15) is 18.4 Å². The lowest BCUT2D eigenvalue weighted by Gasteiger charge is -2.15. The number of aliphatic hydroxyl groups excluding tert-OH is 1. The molecule has 132 valence electrons. The molecule has 1 aromatic heterocycles. The maximum absolute atomic E-state index is 14.2. The van der Waals surface area contributed by atoms with E-state index in [2.05, 4.69) is 10.3 Å². The summed E-state index contributed by atoms with van der Waals surface area (Å²) in [6.07, 6.45) is 0.724. The number of aromatic nitrogens is 2. The topological polar surface area (TPSA) is 93.5 Å². The number of aliphatic hydroxyl groups is 1. The first kappa shape index (κ1) is 17.2. The minimum absolute atomic E-state index is 0.0321. The van der Waals surface area contributed by atoms with Gasteiger partial charge in [0.2, 0.25) is 0 Å². The molecule has 2 atom stereocenters. The van der Waals surface area contributed by atoms with Gasteiger partial charge in [-0.1, -0.05) is 6.07 Å². The van der Waals surface area contributed by atoms with Gasteiger partial charge in [0.25, 0.3) is 5.91 Å². The van der Waals surface area contributed by atoms with Crippen molar-refractivity contribution in [3.63, 3.8) is 0 Å². The number of nitrogens with one attached hydrogen (secondary N) is 1. The monoisotopic (exact) mass is 351 g/mol. The average molecular weight is 351 g/mol. The summed E-state index contributed by atoms with van der Waals surface area (Å²) < 4.78 is 33.7. The molecule has 1 amide bonds. The summed E-state index contributed by atoms with van der Waals surface area (Å²) in [6, 6.07) is 4.83. The van der Waals surface area contributed by atoms with Crippen LogP contribution in [0.3, 0.4) is 0 Å². The van der Waals surface area contributed by atoms with Crippen LogP contribution in [0.1, 0.15) is 29.4 Å². The third kappa shape index (κ3) is 3.72. The Balaban J connectivity index is 1.81. The molecule has 1 fully saturated rings. The van der Waals surface area contributed by atoms with E-state index in [1.54, 1.807) is 0 Å². The van der Waals surface area contributed by atoms with Gasteiger partial charge in [0, 0.05) is 5.56 Å². The number of benzene rings is 1. The molecular weight excluding hydrogens is 336 g/mol. The van der Waals surface area contributed by atoms with Crippen molar-refractivity contribution in [2.75, 3.05) is 11.9 Å². The molecular formula is C16H15F2N3O4. The van der Waals surface area contributed by atoms with E-state index < -0.39 is 41.4 Å². The third-order valence-corrected chi connectivity index (χ3v) is 3.82. The molecule has 0 spiro atoms. The van der Waals surface area contributed by atoms with E-state index in [1.165, 1.54) is 12.1 Å². The number of amides is 1. The smallest absolute Gasteiger partial charge is 0.351 e. The van der Waals surface area contributed by atoms with Crippen molar-refractivity contribution in [2.45, 2.75) is 25.2 Å². The number of hydrogen-bond acceptors (Lipinski definition) is 5. The minimum atomic E-state index is -0.930. The minimum Gasteiger partial charge on any atom is -0.394 e. The first-order chi connectivity index (χ1) is 12.0. The molecule has 0 radical (unpaired) electrons. The summed E-state index contributed by atoms with van der Waals surface area (Å²) >= 11 is 0. The summed E-state index contributed by atoms with van der Waals surface area (Å²) in [5.74, 6) is -2.89. The normalized spacial score (nSPS) is 19.8. The zero-order valence-electron chi connectivity index (χ0n) is 13.0. The van der Waals surface area contributed by atoms with Crippen LogP contribution in [-0.4, -0.2) is 33.3 Å². The van der Waals surface area contributed by atoms with Gasteiger partial charge in [-0.25, -0.2) is 13.6 Å². The van der Waals surface area contributed by atoms with Gasteiger partial charge in [-0.2, -0.15) is 4.98 Å². The highest BCUT2D eigenvalue weighted by molar-refractivity contribution is 6.03. The average Bonchev–Trinajstić information content (AvgIpc) is 3.06. The highest BCUT2D eigenvalue weighted by atomic mass is 19.1. The van der Waals surface area contributed by atoms with Crippen LogP contribution in [0.25, 0.3) is 0 Å². The molecule has 1 saturated heterocycles. The molecule has 3 rings (SSSR count). The van der Waals surface area contributed by atoms with Crippen LogP contribution in [0.15, 0.2) is 35.3 Å². The number of anilines is 1. The van der Waals surface area contributed by atoms with Crippen molar-refractivity contribution in [2.24, 2.45) is 0 Å². The first-order valence-corrected chi connectivity index (χ1v) is 7.60. The van der Waals surface area contributed by atoms with Gasteiger partial charge >= 0.3 is 5.69 Å². The molecule has 7 nitrogen and oxygen atoms in total. The molecule has 0 bridgehead atoms. The Bertz CT molecular complexity index is 856. The van der Waals surface area contributed by atoms with Crippen molar-refractivity contribution in [1.29, 1.82) is 0 Å². The lowest BCUT2D eigenvalue weighted by Crippen LogP contribution is -2.30. The second kappa shape index (κ2) is 7.08. The summed E-state index contributed by atoms with van der Waals surface area (Å²) in [7, 11) is 0. The maximum atomic E-state index is 14.2. The van der Waals surface area contributed by atoms with E-state index in [-0.39, 0.29) is 12.2 Å². The van der Waals surface area contributed by atoms with Gasteiger partial charge in [0.15, 0.2) is 11.6 Å². The Hall–Kier alpha value is -2.65. The van der Waals surface area contributed by atoms with Crippen LogP contribution in [0.4, 0.5) is 14.6 Å². The quantitative estimate of drug-likeness (QED) is 0.870. The summed E-state index contributed by atoms with van der Waals surface area (Å²) in [5.41, 5.74) is -0.838. The Morgan fingerprint density at radius 1 is 1.40 bits per heavy atom. The standard InChI is InChI=1S/C16H15F2N3O4/c17-10-3-1-2-9(6-10)15(23)19-14-12(18)7-21(16(24)20-14)13-5-4-11(8-22)25-13/h1-3,6-7,11,13,22H,4-5,8H2,(H,19,20,23,24). The largest absolute Gasteiger partial charge is 0.394 e. The molecule has 9 heteroatoms. The van der Waals surface area contributed by atoms with Crippen molar-refractivity contribution < 1.29 is 23.4 Å². The number of nitrogens with zero attached hydrogens (tertiary/aromatic N) is 2. The maximum Gasteiger partial charge on any atom is 0.351 e. The molecule has 2 aromatic rings. The van der Waals surface area contributed by atoms with Crippen molar-refractivity contribution in [3.8, 4) is 0 Å². The van der Waals surface area contributed by atoms with Gasteiger partial charge in [0.05, 0.1) is 18.9 Å². The Labute approximate surface area is 140 Å². The van der Waals surface area contributed by atoms with Crippen LogP contribution < -0.4 is 11.0 Å². The molecule has 0 saturated carbocycles. The fraction of sp³-hybridized carbons (Fsp3) is 0.312. The summed E-state index contributed by atoms with van der Waals surface area (Å²) in [4.78, 5) is 27.6. The number of carbonyl (C=O) groups excluding carboxylic acids is 1. The second-order valence-corrected chi connectivity index (χ2v) is 5.56. The molecule has 2 unspecified atom stereocenters. The molecule has 2 heterocycles. The van der Waals surface area contributed by atoms with Crippen LogP contribution in [0.5, 0.6) is 0 Å². The third-order valence-electron chi connectivity index (χ3n) is 3.82. The molecule has 25 heavy (non-hydrogen) atoms. The van der Waals surface area contributed by atoms with Gasteiger partial charge in [-0.3, -0.25) is 9.36 Å². The number of halogens is 2. The predicted molar refractivity (Wildman–Crippen MR) is 83.0 cm³/mol. The first-order valence-electron chi connectivity index (χ1n) is 7.60. The van der Waals surface area contributed by atoms with Crippen molar-refractivity contribution in [3.05, 3.63) is 58.1 Å². The van der Waals surface area contributed by atoms with Gasteiger partial charge in [-0.05, 0) is 31.0 Å². The van der Waals surface area contributed by atoms with Gasteiger partial charge < -0.3 is 15.2 Å². The molecule has 1 aromatic carbocycles. The van der Waals surface area contributed by atoms with Crippen molar-refractivity contribution >= 4 is 11.7 Å². The van der Waals surface area contributed by atoms with E-state index in [1.807, 2.05) is 0 Å². The Morgan fingerprint density at radius 3 is 2.88 bits per heavy atom. The van der Waals surface area contributed by atoms with Gasteiger partial charge in [0.1, 0.15) is 12.0 Å².